The van der Waals surface area contributed by atoms with Crippen LogP contribution in [0.3, 0.4) is 0 Å². The number of carboxylic acids is 1. The quantitative estimate of drug-likeness (QED) is 0.333. The Morgan fingerprint density at radius 2 is 1.50 bits per heavy atom. The molecule has 2 rings (SSSR count). The number of hydrogen-bond donors (Lipinski definition) is 2. The fraction of sp³-hybridized carbons (Fsp3) is 0.273. The summed E-state index contributed by atoms with van der Waals surface area (Å²) < 4.78 is 53.7. The predicted molar refractivity (Wildman–Crippen MR) is 123 cm³/mol. The van der Waals surface area contributed by atoms with Gasteiger partial charge in [-0.3, -0.25) is 14.3 Å². The van der Waals surface area contributed by atoms with Gasteiger partial charge in [0.2, 0.25) is 0 Å². The molecule has 0 saturated carbocycles. The van der Waals surface area contributed by atoms with Crippen LogP contribution in [-0.2, 0) is 19.6 Å². The SMILES string of the molecule is COc1cc(OC)c(/C=C/S(=O)(=O)Nc2ccc(OC)c(OC(=O)CCC(=O)O)c2)c(OC)c1. The molecule has 0 unspecified atom stereocenters. The van der Waals surface area contributed by atoms with E-state index in [1.807, 2.05) is 0 Å². The van der Waals surface area contributed by atoms with Gasteiger partial charge in [0.15, 0.2) is 11.5 Å². The molecular weight excluding hydrogens is 470 g/mol. The Morgan fingerprint density at radius 1 is 0.882 bits per heavy atom. The molecule has 0 spiro atoms. The summed E-state index contributed by atoms with van der Waals surface area (Å²) in [6.07, 6.45) is 0.537. The highest BCUT2D eigenvalue weighted by Crippen LogP contribution is 2.35. The van der Waals surface area contributed by atoms with Crippen molar-refractivity contribution < 1.29 is 46.8 Å². The Labute approximate surface area is 196 Å². The first-order valence-electron chi connectivity index (χ1n) is 9.73. The van der Waals surface area contributed by atoms with Crippen molar-refractivity contribution in [2.24, 2.45) is 0 Å². The van der Waals surface area contributed by atoms with Crippen LogP contribution in [0, 0.1) is 0 Å². The predicted octanol–water partition coefficient (Wildman–Crippen LogP) is 2.90. The van der Waals surface area contributed by atoms with E-state index in [1.165, 1.54) is 52.7 Å². The highest BCUT2D eigenvalue weighted by Gasteiger charge is 2.16. The molecule has 0 aliphatic carbocycles. The minimum atomic E-state index is -4.02. The fourth-order valence-corrected chi connectivity index (χ4v) is 3.59. The molecule has 184 valence electrons. The number of ether oxygens (including phenoxy) is 5. The Morgan fingerprint density at radius 3 is 2.03 bits per heavy atom. The van der Waals surface area contributed by atoms with Gasteiger partial charge in [-0.05, 0) is 18.2 Å². The van der Waals surface area contributed by atoms with E-state index in [1.54, 1.807) is 12.1 Å². The van der Waals surface area contributed by atoms with Crippen LogP contribution in [0.5, 0.6) is 28.7 Å². The second-order valence-electron chi connectivity index (χ2n) is 6.63. The van der Waals surface area contributed by atoms with Crippen molar-refractivity contribution in [1.29, 1.82) is 0 Å². The van der Waals surface area contributed by atoms with Gasteiger partial charge in [0, 0.05) is 18.2 Å². The smallest absolute Gasteiger partial charge is 0.311 e. The first kappa shape index (κ1) is 26.3. The third kappa shape index (κ3) is 7.30. The largest absolute Gasteiger partial charge is 0.496 e. The second kappa shape index (κ2) is 11.8. The van der Waals surface area contributed by atoms with Crippen molar-refractivity contribution in [1.82, 2.24) is 0 Å². The lowest BCUT2D eigenvalue weighted by molar-refractivity contribution is -0.142. The van der Waals surface area contributed by atoms with E-state index in [-0.39, 0.29) is 23.6 Å². The topological polar surface area (TPSA) is 147 Å². The molecule has 2 aromatic carbocycles. The maximum Gasteiger partial charge on any atom is 0.311 e. The number of hydrogen-bond acceptors (Lipinski definition) is 9. The van der Waals surface area contributed by atoms with Gasteiger partial charge in [0.05, 0.1) is 57.9 Å². The summed E-state index contributed by atoms with van der Waals surface area (Å²) in [4.78, 5) is 22.5. The zero-order valence-electron chi connectivity index (χ0n) is 19.0. The van der Waals surface area contributed by atoms with Gasteiger partial charge in [-0.2, -0.15) is 0 Å². The van der Waals surface area contributed by atoms with Crippen LogP contribution in [0.15, 0.2) is 35.7 Å². The Bertz CT molecular complexity index is 1150. The molecule has 0 amide bonds. The van der Waals surface area contributed by atoms with Crippen LogP contribution >= 0.6 is 0 Å². The second-order valence-corrected chi connectivity index (χ2v) is 8.20. The average molecular weight is 496 g/mol. The van der Waals surface area contributed by atoms with Gasteiger partial charge >= 0.3 is 11.9 Å². The molecule has 2 N–H and O–H groups in total. The molecule has 0 aromatic heterocycles. The molecule has 0 aliphatic rings. The van der Waals surface area contributed by atoms with Gasteiger partial charge in [0.1, 0.15) is 17.2 Å². The first-order valence-corrected chi connectivity index (χ1v) is 11.3. The van der Waals surface area contributed by atoms with Crippen molar-refractivity contribution >= 4 is 33.7 Å². The monoisotopic (exact) mass is 495 g/mol. The van der Waals surface area contributed by atoms with Gasteiger partial charge in [-0.25, -0.2) is 8.42 Å². The minimum Gasteiger partial charge on any atom is -0.496 e. The lowest BCUT2D eigenvalue weighted by Crippen LogP contribution is -2.12. The highest BCUT2D eigenvalue weighted by molar-refractivity contribution is 7.95. The van der Waals surface area contributed by atoms with Crippen molar-refractivity contribution in [3.05, 3.63) is 41.3 Å². The average Bonchev–Trinajstić information content (AvgIpc) is 2.80. The van der Waals surface area contributed by atoms with Crippen molar-refractivity contribution in [2.45, 2.75) is 12.8 Å². The highest BCUT2D eigenvalue weighted by atomic mass is 32.2. The van der Waals surface area contributed by atoms with Crippen LogP contribution in [-0.4, -0.2) is 53.9 Å². The summed E-state index contributed by atoms with van der Waals surface area (Å²) in [6.45, 7) is 0. The molecule has 12 heteroatoms. The summed E-state index contributed by atoms with van der Waals surface area (Å²) in [5.74, 6) is -0.724. The number of carboxylic acid groups (broad SMARTS) is 1. The number of sulfonamides is 1. The number of rotatable bonds is 12. The summed E-state index contributed by atoms with van der Waals surface area (Å²) in [5.41, 5.74) is 0.458. The Kier molecular flexibility index (Phi) is 9.13. The van der Waals surface area contributed by atoms with Gasteiger partial charge in [-0.15, -0.1) is 0 Å². The molecule has 0 saturated heterocycles. The summed E-state index contributed by atoms with van der Waals surface area (Å²) in [7, 11) is 1.65. The molecule has 0 aliphatic heterocycles. The molecular formula is C22H25NO10S. The molecule has 0 fully saturated rings. The molecule has 0 bridgehead atoms. The third-order valence-electron chi connectivity index (χ3n) is 4.36. The van der Waals surface area contributed by atoms with E-state index in [0.717, 1.165) is 5.41 Å². The number of aliphatic carboxylic acids is 1. The Hall–Kier alpha value is -3.93. The van der Waals surface area contributed by atoms with Crippen LogP contribution in [0.2, 0.25) is 0 Å². The number of anilines is 1. The zero-order chi connectivity index (χ0) is 25.3. The van der Waals surface area contributed by atoms with Crippen LogP contribution < -0.4 is 28.4 Å². The van der Waals surface area contributed by atoms with E-state index in [2.05, 4.69) is 4.72 Å². The first-order chi connectivity index (χ1) is 16.1. The standard InChI is InChI=1S/C22H25NO10S/c1-29-15-12-18(31-3)16(19(13-15)32-4)9-10-34(27,28)23-14-5-6-17(30-2)20(11-14)33-22(26)8-7-21(24)25/h5-6,9-13,23H,7-8H2,1-4H3,(H,24,25)/b10-9+. The summed E-state index contributed by atoms with van der Waals surface area (Å²) in [5, 5.41) is 9.61. The number of carbonyl (C=O) groups is 2. The lowest BCUT2D eigenvalue weighted by atomic mass is 10.1. The fourth-order valence-electron chi connectivity index (χ4n) is 2.76. The van der Waals surface area contributed by atoms with Gasteiger partial charge < -0.3 is 28.8 Å². The number of esters is 1. The van der Waals surface area contributed by atoms with E-state index < -0.39 is 28.4 Å². The molecule has 34 heavy (non-hydrogen) atoms. The molecule has 0 heterocycles. The van der Waals surface area contributed by atoms with Gasteiger partial charge in [0.25, 0.3) is 10.0 Å². The normalized spacial score (nSPS) is 11.1. The Balaban J connectivity index is 2.27. The summed E-state index contributed by atoms with van der Waals surface area (Å²) >= 11 is 0. The molecule has 0 atom stereocenters. The molecule has 2 aromatic rings. The number of nitrogens with one attached hydrogen (secondary N) is 1. The lowest BCUT2D eigenvalue weighted by Gasteiger charge is -2.13. The van der Waals surface area contributed by atoms with Crippen LogP contribution in [0.4, 0.5) is 5.69 Å². The maximum absolute atomic E-state index is 12.7. The molecule has 11 nitrogen and oxygen atoms in total. The van der Waals surface area contributed by atoms with Crippen LogP contribution in [0.1, 0.15) is 18.4 Å². The molecule has 0 radical (unpaired) electrons. The van der Waals surface area contributed by atoms with E-state index in [9.17, 15) is 18.0 Å². The van der Waals surface area contributed by atoms with E-state index >= 15 is 0 Å². The summed E-state index contributed by atoms with van der Waals surface area (Å²) in [6, 6.07) is 7.22. The number of methoxy groups -OCH3 is 4. The number of carbonyl (C=O) groups excluding carboxylic acids is 1. The number of benzene rings is 2. The van der Waals surface area contributed by atoms with E-state index in [0.29, 0.717) is 22.8 Å². The third-order valence-corrected chi connectivity index (χ3v) is 5.37. The maximum atomic E-state index is 12.7. The van der Waals surface area contributed by atoms with Crippen molar-refractivity contribution in [3.8, 4) is 28.7 Å². The van der Waals surface area contributed by atoms with Crippen molar-refractivity contribution in [3.63, 3.8) is 0 Å². The van der Waals surface area contributed by atoms with Gasteiger partial charge in [-0.1, -0.05) is 0 Å². The van der Waals surface area contributed by atoms with E-state index in [4.69, 9.17) is 28.8 Å². The minimum absolute atomic E-state index is 0.0689. The van der Waals surface area contributed by atoms with Crippen molar-refractivity contribution in [2.75, 3.05) is 33.2 Å². The zero-order valence-corrected chi connectivity index (χ0v) is 19.8. The van der Waals surface area contributed by atoms with Crippen LogP contribution in [0.25, 0.3) is 6.08 Å².